The number of fused-ring (bicyclic) bond motifs is 5. The maximum absolute atomic E-state index is 12.6. The second kappa shape index (κ2) is 16.2. The lowest BCUT2D eigenvalue weighted by atomic mass is 9.42. The molecule has 4 aliphatic carbocycles. The molecule has 8 rings (SSSR count). The summed E-state index contributed by atoms with van der Waals surface area (Å²) >= 11 is 0. The Labute approximate surface area is 341 Å². The van der Waals surface area contributed by atoms with Crippen molar-refractivity contribution in [3.63, 3.8) is 0 Å². The summed E-state index contributed by atoms with van der Waals surface area (Å²) in [6, 6.07) is 0. The Kier molecular flexibility index (Phi) is 12.0. The van der Waals surface area contributed by atoms with Gasteiger partial charge in [-0.2, -0.15) is 0 Å². The third kappa shape index (κ3) is 7.49. The zero-order valence-electron chi connectivity index (χ0n) is 34.8. The molecule has 0 radical (unpaired) electrons. The van der Waals surface area contributed by atoms with Crippen molar-refractivity contribution < 1.29 is 73.0 Å². The summed E-state index contributed by atoms with van der Waals surface area (Å²) in [7, 11) is 0. The van der Waals surface area contributed by atoms with Gasteiger partial charge in [0, 0.05) is 37.7 Å². The van der Waals surface area contributed by atoms with Gasteiger partial charge in [-0.05, 0) is 107 Å². The van der Waals surface area contributed by atoms with Crippen LogP contribution in [-0.2, 0) is 47.5 Å². The Balaban J connectivity index is 0.829. The number of esters is 2. The monoisotopic (exact) mass is 822 g/mol. The molecule has 4 saturated carbocycles. The van der Waals surface area contributed by atoms with E-state index in [1.165, 1.54) is 6.92 Å². The normalized spacial score (nSPS) is 53.2. The molecule has 8 aliphatic rings. The van der Waals surface area contributed by atoms with Crippen LogP contribution in [0.2, 0.25) is 0 Å². The summed E-state index contributed by atoms with van der Waals surface area (Å²) < 4.78 is 47.7. The summed E-state index contributed by atoms with van der Waals surface area (Å²) in [6.45, 7) is 11.2. The molecule has 15 nitrogen and oxygen atoms in total. The van der Waals surface area contributed by atoms with Gasteiger partial charge in [-0.3, -0.25) is 4.79 Å². The lowest BCUT2D eigenvalue weighted by molar-refractivity contribution is -0.336. The van der Waals surface area contributed by atoms with E-state index in [2.05, 4.69) is 6.92 Å². The molecule has 4 aliphatic heterocycles. The van der Waals surface area contributed by atoms with Crippen LogP contribution >= 0.6 is 0 Å². The van der Waals surface area contributed by atoms with Crippen molar-refractivity contribution in [1.82, 2.24) is 0 Å². The minimum absolute atomic E-state index is 0.0561. The third-order valence-corrected chi connectivity index (χ3v) is 16.2. The summed E-state index contributed by atoms with van der Waals surface area (Å²) in [5.41, 5.74) is -0.918. The molecule has 3 saturated heterocycles. The van der Waals surface area contributed by atoms with E-state index in [1.54, 1.807) is 19.9 Å². The second-order valence-corrected chi connectivity index (χ2v) is 19.4. The number of aliphatic hydroxyl groups excluding tert-OH is 4. The molecule has 0 amide bonds. The first-order chi connectivity index (χ1) is 27.4. The van der Waals surface area contributed by atoms with E-state index in [9.17, 15) is 35.1 Å². The van der Waals surface area contributed by atoms with E-state index in [0.29, 0.717) is 18.8 Å². The Hall–Kier alpha value is -1.76. The Morgan fingerprint density at radius 3 is 1.98 bits per heavy atom. The molecule has 4 heterocycles. The first kappa shape index (κ1) is 42.9. The first-order valence-corrected chi connectivity index (χ1v) is 21.8. The zero-order valence-corrected chi connectivity index (χ0v) is 34.8. The average Bonchev–Trinajstić information content (AvgIpc) is 3.70. The highest BCUT2D eigenvalue weighted by atomic mass is 16.7. The summed E-state index contributed by atoms with van der Waals surface area (Å²) in [5.74, 6) is -0.345. The lowest BCUT2D eigenvalue weighted by Crippen LogP contribution is -2.67. The van der Waals surface area contributed by atoms with Crippen molar-refractivity contribution in [2.75, 3.05) is 6.61 Å². The summed E-state index contributed by atoms with van der Waals surface area (Å²) in [5, 5.41) is 57.3. The van der Waals surface area contributed by atoms with Gasteiger partial charge in [0.1, 0.15) is 31.0 Å². The predicted molar refractivity (Wildman–Crippen MR) is 202 cm³/mol. The maximum atomic E-state index is 12.6. The van der Waals surface area contributed by atoms with E-state index < -0.39 is 96.9 Å². The molecule has 0 aromatic carbocycles. The van der Waals surface area contributed by atoms with Crippen LogP contribution in [-0.4, -0.2) is 136 Å². The molecule has 5 N–H and O–H groups in total. The molecule has 7 fully saturated rings. The van der Waals surface area contributed by atoms with E-state index in [-0.39, 0.29) is 61.1 Å². The summed E-state index contributed by atoms with van der Waals surface area (Å²) in [6.07, 6.45) is -1.66. The molecular formula is C43H66O15. The number of aliphatic hydroxyl groups is 5. The minimum atomic E-state index is -1.02. The fourth-order valence-corrected chi connectivity index (χ4v) is 13.1. The van der Waals surface area contributed by atoms with E-state index >= 15 is 0 Å². The van der Waals surface area contributed by atoms with Crippen LogP contribution in [0.15, 0.2) is 11.6 Å². The van der Waals surface area contributed by atoms with Gasteiger partial charge >= 0.3 is 11.9 Å². The molecule has 328 valence electrons. The van der Waals surface area contributed by atoms with Gasteiger partial charge in [-0.25, -0.2) is 4.79 Å². The summed E-state index contributed by atoms with van der Waals surface area (Å²) in [4.78, 5) is 23.5. The van der Waals surface area contributed by atoms with Crippen molar-refractivity contribution in [3.8, 4) is 0 Å². The molecule has 58 heavy (non-hydrogen) atoms. The quantitative estimate of drug-likeness (QED) is 0.176. The smallest absolute Gasteiger partial charge is 0.331 e. The largest absolute Gasteiger partial charge is 0.459 e. The van der Waals surface area contributed by atoms with Gasteiger partial charge in [0.25, 0.3) is 0 Å². The van der Waals surface area contributed by atoms with E-state index in [1.807, 2.05) is 13.8 Å². The minimum Gasteiger partial charge on any atom is -0.459 e. The van der Waals surface area contributed by atoms with Crippen molar-refractivity contribution in [1.29, 1.82) is 0 Å². The zero-order chi connectivity index (χ0) is 41.5. The Morgan fingerprint density at radius 2 is 1.38 bits per heavy atom. The standard InChI is InChI=1S/C43H66O15/c1-20-38(49)32(55-23(4)44)18-37(52-20)58-40-22(3)54-36(17-31(40)46)57-39-21(2)53-35(16-30(39)45)56-26-9-11-41(5)25(14-26)7-8-28-29(41)15-33(47)42(6)27(10-12-43(28,42)50)24-13-34(48)51-19-24/h13,20-22,25-33,35-40,45-47,49-50H,7-12,14-19H2,1-6H3/t20-,21-,22-,25-,26+,27-,28-,29+,30+,31+,32+,33-,35+,36+,37+,38-,39-,40-,41+,42+,43+/m1/s1. The molecule has 15 heteroatoms. The van der Waals surface area contributed by atoms with Crippen LogP contribution in [0, 0.1) is 34.5 Å². The number of carbonyl (C=O) groups excluding carboxylic acids is 2. The van der Waals surface area contributed by atoms with Crippen molar-refractivity contribution in [3.05, 3.63) is 11.6 Å². The van der Waals surface area contributed by atoms with Crippen molar-refractivity contribution in [2.24, 2.45) is 34.5 Å². The average molecular weight is 823 g/mol. The highest BCUT2D eigenvalue weighted by molar-refractivity contribution is 5.85. The van der Waals surface area contributed by atoms with Crippen molar-refractivity contribution in [2.45, 2.75) is 204 Å². The number of hydrogen-bond donors (Lipinski definition) is 5. The van der Waals surface area contributed by atoms with Crippen LogP contribution in [0.25, 0.3) is 0 Å². The highest BCUT2D eigenvalue weighted by Crippen LogP contribution is 2.70. The van der Waals surface area contributed by atoms with Gasteiger partial charge in [-0.1, -0.05) is 13.8 Å². The number of cyclic esters (lactones) is 1. The molecule has 21 atom stereocenters. The van der Waals surface area contributed by atoms with Gasteiger partial charge in [-0.15, -0.1) is 0 Å². The highest BCUT2D eigenvalue weighted by Gasteiger charge is 2.71. The van der Waals surface area contributed by atoms with Crippen LogP contribution in [0.4, 0.5) is 0 Å². The first-order valence-electron chi connectivity index (χ1n) is 21.8. The third-order valence-electron chi connectivity index (χ3n) is 16.2. The van der Waals surface area contributed by atoms with E-state index in [4.69, 9.17) is 37.9 Å². The fraction of sp³-hybridized carbons (Fsp3) is 0.907. The maximum Gasteiger partial charge on any atom is 0.331 e. The molecule has 0 aromatic rings. The van der Waals surface area contributed by atoms with Gasteiger partial charge in [0.2, 0.25) is 0 Å². The van der Waals surface area contributed by atoms with E-state index in [0.717, 1.165) is 44.1 Å². The van der Waals surface area contributed by atoms with Crippen LogP contribution in [0.1, 0.15) is 112 Å². The van der Waals surface area contributed by atoms with Crippen molar-refractivity contribution >= 4 is 11.9 Å². The van der Waals surface area contributed by atoms with Crippen LogP contribution in [0.3, 0.4) is 0 Å². The number of rotatable bonds is 8. The van der Waals surface area contributed by atoms with Gasteiger partial charge in [0.15, 0.2) is 18.9 Å². The molecule has 0 aromatic heterocycles. The molecule has 0 spiro atoms. The van der Waals surface area contributed by atoms with Crippen LogP contribution < -0.4 is 0 Å². The SMILES string of the molecule is CC(=O)O[C@H]1C[C@H](O[C@H]2[C@@H](O)C[C@H](O[C@H]3[C@@H](O)C[C@H](O[C@H]4CC[C@@]5(C)[C@H](CC[C@@H]6[C@@H]5C[C@@H](O)[C@]5(C)[C@@H](C7=CC(=O)OC7)CC[C@]65O)C4)O[C@@H]3C)O[C@@H]2C)O[C@H](C)[C@H]1O. The topological polar surface area (TPSA) is 209 Å². The molecule has 0 bridgehead atoms. The number of carbonyl (C=O) groups is 2. The Bertz CT molecular complexity index is 1530. The van der Waals surface area contributed by atoms with Gasteiger partial charge in [0.05, 0.1) is 48.3 Å². The second-order valence-electron chi connectivity index (χ2n) is 19.4. The Morgan fingerprint density at radius 1 is 0.759 bits per heavy atom. The molecule has 0 unspecified atom stereocenters. The number of ether oxygens (including phenoxy) is 8. The lowest BCUT2D eigenvalue weighted by Gasteiger charge is -2.65. The molecular weight excluding hydrogens is 756 g/mol. The van der Waals surface area contributed by atoms with Crippen LogP contribution in [0.5, 0.6) is 0 Å². The number of hydrogen-bond acceptors (Lipinski definition) is 15. The predicted octanol–water partition coefficient (Wildman–Crippen LogP) is 2.79. The fourth-order valence-electron chi connectivity index (χ4n) is 13.1. The van der Waals surface area contributed by atoms with Gasteiger partial charge < -0.3 is 63.4 Å².